The summed E-state index contributed by atoms with van der Waals surface area (Å²) in [6, 6.07) is 14.5. The van der Waals surface area contributed by atoms with Gasteiger partial charge in [0.15, 0.2) is 0 Å². The van der Waals surface area contributed by atoms with Crippen LogP contribution in [0.15, 0.2) is 54.9 Å². The van der Waals surface area contributed by atoms with Gasteiger partial charge in [0, 0.05) is 19.3 Å². The van der Waals surface area contributed by atoms with Crippen molar-refractivity contribution in [3.8, 4) is 0 Å². The van der Waals surface area contributed by atoms with Gasteiger partial charge in [-0.3, -0.25) is 10.1 Å². The maximum Gasteiger partial charge on any atom is 0.354 e. The van der Waals surface area contributed by atoms with Crippen LogP contribution in [0, 0.1) is 10.1 Å². The van der Waals surface area contributed by atoms with Crippen molar-refractivity contribution in [2.75, 3.05) is 30.5 Å². The molecule has 0 radical (unpaired) electrons. The molecule has 1 aromatic heterocycles. The van der Waals surface area contributed by atoms with E-state index in [1.54, 1.807) is 31.3 Å². The predicted molar refractivity (Wildman–Crippen MR) is 112 cm³/mol. The van der Waals surface area contributed by atoms with Crippen molar-refractivity contribution in [1.82, 2.24) is 9.97 Å². The molecule has 0 fully saturated rings. The second kappa shape index (κ2) is 7.78. The van der Waals surface area contributed by atoms with Crippen molar-refractivity contribution in [2.45, 2.75) is 6.42 Å². The molecule has 0 atom stereocenters. The van der Waals surface area contributed by atoms with Gasteiger partial charge in [-0.05, 0) is 30.2 Å². The first-order valence-electron chi connectivity index (χ1n) is 9.28. The third-order valence-corrected chi connectivity index (χ3v) is 5.10. The van der Waals surface area contributed by atoms with Crippen LogP contribution in [0.4, 0.5) is 28.7 Å². The van der Waals surface area contributed by atoms with E-state index in [0.717, 1.165) is 17.7 Å². The second-order valence-electron chi connectivity index (χ2n) is 6.72. The van der Waals surface area contributed by atoms with Crippen molar-refractivity contribution in [3.05, 3.63) is 76.1 Å². The Morgan fingerprint density at radius 3 is 2.67 bits per heavy atom. The number of nitro groups is 1. The number of hydrogen-bond acceptors (Lipinski definition) is 8. The third kappa shape index (κ3) is 3.20. The summed E-state index contributed by atoms with van der Waals surface area (Å²) in [7, 11) is 2.91. The van der Waals surface area contributed by atoms with Gasteiger partial charge in [0.2, 0.25) is 11.6 Å². The molecule has 4 rings (SSSR count). The Bertz CT molecular complexity index is 1130. The molecule has 2 aromatic carbocycles. The normalized spacial score (nSPS) is 12.4. The van der Waals surface area contributed by atoms with Crippen LogP contribution in [0.3, 0.4) is 0 Å². The lowest BCUT2D eigenvalue weighted by molar-refractivity contribution is -0.383. The fourth-order valence-corrected chi connectivity index (χ4v) is 3.69. The summed E-state index contributed by atoms with van der Waals surface area (Å²) in [6.45, 7) is 0.582. The Morgan fingerprint density at radius 1 is 1.17 bits per heavy atom. The van der Waals surface area contributed by atoms with E-state index >= 15 is 0 Å². The molecular weight excluding hydrogens is 386 g/mol. The largest absolute Gasteiger partial charge is 0.465 e. The molecule has 2 heterocycles. The first kappa shape index (κ1) is 19.3. The van der Waals surface area contributed by atoms with Gasteiger partial charge in [0.25, 0.3) is 0 Å². The molecule has 0 amide bonds. The van der Waals surface area contributed by atoms with E-state index in [-0.39, 0.29) is 22.9 Å². The van der Waals surface area contributed by atoms with Gasteiger partial charge in [-0.1, -0.05) is 30.3 Å². The van der Waals surface area contributed by atoms with Crippen LogP contribution in [0.5, 0.6) is 0 Å². The number of para-hydroxylation sites is 2. The molecule has 152 valence electrons. The highest BCUT2D eigenvalue weighted by Crippen LogP contribution is 2.42. The number of fused-ring (bicyclic) bond motifs is 1. The van der Waals surface area contributed by atoms with Crippen LogP contribution < -0.4 is 9.80 Å². The highest BCUT2D eigenvalue weighted by Gasteiger charge is 2.33. The quantitative estimate of drug-likeness (QED) is 0.360. The smallest absolute Gasteiger partial charge is 0.354 e. The van der Waals surface area contributed by atoms with E-state index in [2.05, 4.69) is 9.97 Å². The predicted octanol–water partition coefficient (Wildman–Crippen LogP) is 3.63. The number of methoxy groups -OCH3 is 1. The Morgan fingerprint density at radius 2 is 1.90 bits per heavy atom. The Balaban J connectivity index is 1.85. The number of nitrogens with zero attached hydrogens (tertiary/aromatic N) is 5. The van der Waals surface area contributed by atoms with Gasteiger partial charge in [0.05, 0.1) is 23.3 Å². The number of benzene rings is 2. The van der Waals surface area contributed by atoms with Crippen LogP contribution in [-0.4, -0.2) is 41.6 Å². The van der Waals surface area contributed by atoms with Gasteiger partial charge < -0.3 is 14.5 Å². The summed E-state index contributed by atoms with van der Waals surface area (Å²) < 4.78 is 4.84. The van der Waals surface area contributed by atoms with E-state index in [0.29, 0.717) is 12.2 Å². The fourth-order valence-electron chi connectivity index (χ4n) is 3.69. The lowest BCUT2D eigenvalue weighted by Crippen LogP contribution is -2.21. The molecule has 1 aliphatic heterocycles. The average molecular weight is 405 g/mol. The second-order valence-corrected chi connectivity index (χ2v) is 6.72. The van der Waals surface area contributed by atoms with Crippen LogP contribution in [0.2, 0.25) is 0 Å². The topological polar surface area (TPSA) is 102 Å². The summed E-state index contributed by atoms with van der Waals surface area (Å²) in [5.74, 6) is -0.231. The summed E-state index contributed by atoms with van der Waals surface area (Å²) in [5.41, 5.74) is 2.50. The molecule has 9 heteroatoms. The number of hydrogen-bond donors (Lipinski definition) is 0. The maximum absolute atomic E-state index is 12.2. The van der Waals surface area contributed by atoms with E-state index in [1.165, 1.54) is 18.3 Å². The van der Waals surface area contributed by atoms with Gasteiger partial charge in [-0.15, -0.1) is 0 Å². The molecule has 0 bridgehead atoms. The number of ether oxygens (including phenoxy) is 1. The molecule has 1 aliphatic rings. The minimum Gasteiger partial charge on any atom is -0.465 e. The molecule has 3 aromatic rings. The van der Waals surface area contributed by atoms with Gasteiger partial charge in [-0.25, -0.2) is 14.8 Å². The minimum absolute atomic E-state index is 0.0886. The molecule has 0 unspecified atom stereocenters. The zero-order valence-electron chi connectivity index (χ0n) is 16.5. The first-order chi connectivity index (χ1) is 14.5. The van der Waals surface area contributed by atoms with Crippen molar-refractivity contribution >= 4 is 34.7 Å². The van der Waals surface area contributed by atoms with Crippen LogP contribution in [0.25, 0.3) is 0 Å². The summed E-state index contributed by atoms with van der Waals surface area (Å²) in [6.07, 6.45) is 2.07. The molecule has 30 heavy (non-hydrogen) atoms. The number of anilines is 4. The molecule has 0 N–H and O–H groups in total. The van der Waals surface area contributed by atoms with E-state index in [4.69, 9.17) is 4.74 Å². The Kier molecular flexibility index (Phi) is 5.01. The number of rotatable bonds is 5. The van der Waals surface area contributed by atoms with Crippen molar-refractivity contribution in [2.24, 2.45) is 0 Å². The van der Waals surface area contributed by atoms with Crippen molar-refractivity contribution in [3.63, 3.8) is 0 Å². The standard InChI is InChI=1S/C21H19N5O4/c1-24(17-10-6-4-8-15(17)21(27)30-2)19-18(26(28)29)20(23-13-22-19)25-12-11-14-7-3-5-9-16(14)25/h3-10,13H,11-12H2,1-2H3. The van der Waals surface area contributed by atoms with Crippen LogP contribution in [0.1, 0.15) is 15.9 Å². The lowest BCUT2D eigenvalue weighted by atomic mass is 10.1. The molecule has 0 aliphatic carbocycles. The first-order valence-corrected chi connectivity index (χ1v) is 9.28. The fraction of sp³-hybridized carbons (Fsp3) is 0.190. The molecule has 0 saturated heterocycles. The van der Waals surface area contributed by atoms with Gasteiger partial charge in [0.1, 0.15) is 6.33 Å². The molecule has 0 saturated carbocycles. The van der Waals surface area contributed by atoms with Crippen molar-refractivity contribution < 1.29 is 14.5 Å². The van der Waals surface area contributed by atoms with Gasteiger partial charge >= 0.3 is 11.7 Å². The summed E-state index contributed by atoms with van der Waals surface area (Å²) in [5, 5.41) is 12.1. The summed E-state index contributed by atoms with van der Waals surface area (Å²) in [4.78, 5) is 35.6. The highest BCUT2D eigenvalue weighted by atomic mass is 16.6. The monoisotopic (exact) mass is 405 g/mol. The zero-order chi connectivity index (χ0) is 21.3. The van der Waals surface area contributed by atoms with Crippen molar-refractivity contribution in [1.29, 1.82) is 0 Å². The Hall–Kier alpha value is -4.01. The zero-order valence-corrected chi connectivity index (χ0v) is 16.5. The SMILES string of the molecule is COC(=O)c1ccccc1N(C)c1ncnc(N2CCc3ccccc32)c1[N+](=O)[O-]. The van der Waals surface area contributed by atoms with Gasteiger partial charge in [-0.2, -0.15) is 0 Å². The number of carbonyl (C=O) groups excluding carboxylic acids is 1. The number of aromatic nitrogens is 2. The maximum atomic E-state index is 12.2. The number of esters is 1. The highest BCUT2D eigenvalue weighted by molar-refractivity contribution is 5.97. The minimum atomic E-state index is -0.539. The molecule has 9 nitrogen and oxygen atoms in total. The van der Waals surface area contributed by atoms with Crippen LogP contribution >= 0.6 is 0 Å². The average Bonchev–Trinajstić information content (AvgIpc) is 3.21. The van der Waals surface area contributed by atoms with E-state index < -0.39 is 10.9 Å². The van der Waals surface area contributed by atoms with E-state index in [9.17, 15) is 14.9 Å². The summed E-state index contributed by atoms with van der Waals surface area (Å²) >= 11 is 0. The molecule has 0 spiro atoms. The van der Waals surface area contributed by atoms with Crippen LogP contribution in [-0.2, 0) is 11.2 Å². The lowest BCUT2D eigenvalue weighted by Gasteiger charge is -2.23. The number of carbonyl (C=O) groups is 1. The molecular formula is C21H19N5O4. The van der Waals surface area contributed by atoms with E-state index in [1.807, 2.05) is 29.2 Å². The Labute approximate surface area is 172 Å². The third-order valence-electron chi connectivity index (χ3n) is 5.10.